The molecule has 1 heterocycles. The second kappa shape index (κ2) is 14.0. The number of rotatable bonds is 12. The number of methoxy groups -OCH3 is 2. The summed E-state index contributed by atoms with van der Waals surface area (Å²) < 4.78 is 16.6. The van der Waals surface area contributed by atoms with Crippen molar-refractivity contribution in [1.82, 2.24) is 10.2 Å². The summed E-state index contributed by atoms with van der Waals surface area (Å²) in [6.45, 7) is 5.63. The average molecular weight is 517 g/mol. The summed E-state index contributed by atoms with van der Waals surface area (Å²) in [6.07, 6.45) is 2.62. The number of carbonyl (C=O) groups excluding carboxylic acids is 1. The highest BCUT2D eigenvalue weighted by atomic mass is 16.5. The molecule has 0 bridgehead atoms. The molecule has 1 aliphatic rings. The molecular weight excluding hydrogens is 476 g/mol. The van der Waals surface area contributed by atoms with Crippen LogP contribution in [0, 0.1) is 0 Å². The Morgan fingerprint density at radius 3 is 2.53 bits per heavy atom. The van der Waals surface area contributed by atoms with Crippen LogP contribution in [-0.2, 0) is 4.74 Å². The van der Waals surface area contributed by atoms with Crippen LogP contribution in [0.25, 0.3) is 11.1 Å². The standard InChI is InChI=1S/C32H40N2O4/c1-4-18-34(32(35)27-14-15-30(37-3)31(22-27)38-20-9-19-36-2)29-23-33-17-16-28(29)26-13-8-12-25(21-26)24-10-6-5-7-11-24/h5-8,10-15,21-22,28-29,33H,4,9,16-20,23H2,1-3H3/t28-,29+/m1/s1. The smallest absolute Gasteiger partial charge is 0.254 e. The first-order chi connectivity index (χ1) is 18.7. The van der Waals surface area contributed by atoms with Crippen LogP contribution in [0.15, 0.2) is 72.8 Å². The van der Waals surface area contributed by atoms with Gasteiger partial charge in [0.25, 0.3) is 5.91 Å². The molecule has 6 heteroatoms. The summed E-state index contributed by atoms with van der Waals surface area (Å²) in [5.41, 5.74) is 4.31. The fraction of sp³-hybridized carbons (Fsp3) is 0.406. The van der Waals surface area contributed by atoms with E-state index in [0.717, 1.165) is 32.4 Å². The number of hydrogen-bond acceptors (Lipinski definition) is 5. The number of hydrogen-bond donors (Lipinski definition) is 1. The van der Waals surface area contributed by atoms with Gasteiger partial charge >= 0.3 is 0 Å². The van der Waals surface area contributed by atoms with E-state index in [1.54, 1.807) is 14.2 Å². The normalized spacial score (nSPS) is 17.1. The predicted octanol–water partition coefficient (Wildman–Crippen LogP) is 5.78. The lowest BCUT2D eigenvalue weighted by Gasteiger charge is -2.41. The van der Waals surface area contributed by atoms with Crippen LogP contribution < -0.4 is 14.8 Å². The van der Waals surface area contributed by atoms with E-state index < -0.39 is 0 Å². The van der Waals surface area contributed by atoms with Crippen LogP contribution in [0.3, 0.4) is 0 Å². The van der Waals surface area contributed by atoms with Gasteiger partial charge in [0.2, 0.25) is 0 Å². The molecule has 0 saturated carbocycles. The Bertz CT molecular complexity index is 1170. The number of ether oxygens (including phenoxy) is 3. The Hall–Kier alpha value is -3.35. The van der Waals surface area contributed by atoms with Crippen molar-refractivity contribution in [2.45, 2.75) is 38.1 Å². The number of nitrogens with one attached hydrogen (secondary N) is 1. The largest absolute Gasteiger partial charge is 0.493 e. The Morgan fingerprint density at radius 2 is 1.76 bits per heavy atom. The van der Waals surface area contributed by atoms with Crippen LogP contribution in [-0.4, -0.2) is 63.9 Å². The zero-order chi connectivity index (χ0) is 26.7. The predicted molar refractivity (Wildman–Crippen MR) is 152 cm³/mol. The first kappa shape index (κ1) is 27.7. The lowest BCUT2D eigenvalue weighted by atomic mass is 9.83. The first-order valence-electron chi connectivity index (χ1n) is 13.6. The number of amides is 1. The molecule has 6 nitrogen and oxygen atoms in total. The van der Waals surface area contributed by atoms with Crippen molar-refractivity contribution in [3.05, 3.63) is 83.9 Å². The van der Waals surface area contributed by atoms with E-state index in [1.807, 2.05) is 24.3 Å². The van der Waals surface area contributed by atoms with E-state index in [-0.39, 0.29) is 17.9 Å². The molecule has 4 rings (SSSR count). The summed E-state index contributed by atoms with van der Waals surface area (Å²) in [5.74, 6) is 1.48. The van der Waals surface area contributed by atoms with Gasteiger partial charge in [-0.25, -0.2) is 0 Å². The zero-order valence-electron chi connectivity index (χ0n) is 22.8. The number of carbonyl (C=O) groups is 1. The van der Waals surface area contributed by atoms with Gasteiger partial charge in [-0.15, -0.1) is 0 Å². The minimum Gasteiger partial charge on any atom is -0.493 e. The second-order valence-corrected chi connectivity index (χ2v) is 9.72. The maximum absolute atomic E-state index is 14.0. The van der Waals surface area contributed by atoms with E-state index in [1.165, 1.54) is 16.7 Å². The van der Waals surface area contributed by atoms with Gasteiger partial charge in [-0.2, -0.15) is 0 Å². The van der Waals surface area contributed by atoms with Crippen molar-refractivity contribution >= 4 is 5.91 Å². The van der Waals surface area contributed by atoms with Crippen molar-refractivity contribution in [3.63, 3.8) is 0 Å². The third kappa shape index (κ3) is 6.74. The SMILES string of the molecule is CCCN(C(=O)c1ccc(OC)c(OCCCOC)c1)[C@H]1CNCC[C@@H]1c1cccc(-c2ccccc2)c1. The van der Waals surface area contributed by atoms with E-state index in [4.69, 9.17) is 14.2 Å². The van der Waals surface area contributed by atoms with Crippen LogP contribution >= 0.6 is 0 Å². The average Bonchev–Trinajstić information content (AvgIpc) is 2.98. The van der Waals surface area contributed by atoms with Gasteiger partial charge < -0.3 is 24.4 Å². The molecule has 202 valence electrons. The van der Waals surface area contributed by atoms with Crippen molar-refractivity contribution < 1.29 is 19.0 Å². The molecule has 0 radical (unpaired) electrons. The van der Waals surface area contributed by atoms with Crippen molar-refractivity contribution in [1.29, 1.82) is 0 Å². The lowest BCUT2D eigenvalue weighted by molar-refractivity contribution is 0.0619. The number of piperidine rings is 1. The van der Waals surface area contributed by atoms with Crippen molar-refractivity contribution in [3.8, 4) is 22.6 Å². The molecule has 0 unspecified atom stereocenters. The van der Waals surface area contributed by atoms with Gasteiger partial charge in [0.1, 0.15) is 0 Å². The fourth-order valence-corrected chi connectivity index (χ4v) is 5.27. The molecule has 1 saturated heterocycles. The Labute approximate surface area is 226 Å². The molecule has 38 heavy (non-hydrogen) atoms. The van der Waals surface area contributed by atoms with E-state index in [0.29, 0.717) is 36.8 Å². The third-order valence-corrected chi connectivity index (χ3v) is 7.16. The lowest BCUT2D eigenvalue weighted by Crippen LogP contribution is -2.52. The maximum Gasteiger partial charge on any atom is 0.254 e. The van der Waals surface area contributed by atoms with Gasteiger partial charge in [-0.3, -0.25) is 4.79 Å². The van der Waals surface area contributed by atoms with E-state index >= 15 is 0 Å². The minimum atomic E-state index is 0.0224. The van der Waals surface area contributed by atoms with Crippen LogP contribution in [0.4, 0.5) is 0 Å². The fourth-order valence-electron chi connectivity index (χ4n) is 5.27. The topological polar surface area (TPSA) is 60.0 Å². The molecule has 1 aliphatic heterocycles. The summed E-state index contributed by atoms with van der Waals surface area (Å²) in [5, 5.41) is 3.55. The molecular formula is C32H40N2O4. The molecule has 0 aromatic heterocycles. The number of benzene rings is 3. The number of nitrogens with zero attached hydrogens (tertiary/aromatic N) is 1. The summed E-state index contributed by atoms with van der Waals surface area (Å²) in [7, 11) is 3.29. The highest BCUT2D eigenvalue weighted by molar-refractivity contribution is 5.95. The van der Waals surface area contributed by atoms with Crippen LogP contribution in [0.5, 0.6) is 11.5 Å². The van der Waals surface area contributed by atoms with Gasteiger partial charge in [0.15, 0.2) is 11.5 Å². The van der Waals surface area contributed by atoms with Crippen LogP contribution in [0.1, 0.15) is 48.0 Å². The molecule has 3 aromatic rings. The van der Waals surface area contributed by atoms with Crippen LogP contribution in [0.2, 0.25) is 0 Å². The summed E-state index contributed by atoms with van der Waals surface area (Å²) in [4.78, 5) is 16.1. The molecule has 1 amide bonds. The Morgan fingerprint density at radius 1 is 0.947 bits per heavy atom. The Balaban J connectivity index is 1.61. The highest BCUT2D eigenvalue weighted by Crippen LogP contribution is 2.34. The molecule has 1 fully saturated rings. The molecule has 0 aliphatic carbocycles. The van der Waals surface area contributed by atoms with E-state index in [2.05, 4.69) is 65.7 Å². The van der Waals surface area contributed by atoms with E-state index in [9.17, 15) is 4.79 Å². The van der Waals surface area contributed by atoms with Crippen molar-refractivity contribution in [2.24, 2.45) is 0 Å². The third-order valence-electron chi connectivity index (χ3n) is 7.16. The van der Waals surface area contributed by atoms with Gasteiger partial charge in [0, 0.05) is 44.7 Å². The van der Waals surface area contributed by atoms with Gasteiger partial charge in [-0.1, -0.05) is 61.5 Å². The monoisotopic (exact) mass is 516 g/mol. The second-order valence-electron chi connectivity index (χ2n) is 9.72. The highest BCUT2D eigenvalue weighted by Gasteiger charge is 2.34. The molecule has 2 atom stereocenters. The Kier molecular flexibility index (Phi) is 10.2. The zero-order valence-corrected chi connectivity index (χ0v) is 22.8. The molecule has 3 aromatic carbocycles. The molecule has 0 spiro atoms. The van der Waals surface area contributed by atoms with Gasteiger partial charge in [-0.05, 0) is 54.3 Å². The molecule has 1 N–H and O–H groups in total. The first-order valence-corrected chi connectivity index (χ1v) is 13.6. The van der Waals surface area contributed by atoms with Crippen molar-refractivity contribution in [2.75, 3.05) is 47.1 Å². The summed E-state index contributed by atoms with van der Waals surface area (Å²) >= 11 is 0. The van der Waals surface area contributed by atoms with Gasteiger partial charge in [0.05, 0.1) is 19.8 Å². The summed E-state index contributed by atoms with van der Waals surface area (Å²) in [6, 6.07) is 24.8. The quantitative estimate of drug-likeness (QED) is 0.310. The maximum atomic E-state index is 14.0. The minimum absolute atomic E-state index is 0.0224.